The third-order valence-electron chi connectivity index (χ3n) is 4.55. The average molecular weight is 301 g/mol. The molecule has 0 radical (unpaired) electrons. The molecular weight excluding hydrogens is 282 g/mol. The Kier molecular flexibility index (Phi) is 3.39. The van der Waals surface area contributed by atoms with Gasteiger partial charge < -0.3 is 9.64 Å². The first kappa shape index (κ1) is 13.2. The second kappa shape index (κ2) is 5.39. The number of hydrogen-bond donors (Lipinski definition) is 0. The van der Waals surface area contributed by atoms with E-state index in [2.05, 4.69) is 27.2 Å². The average Bonchev–Trinajstić information content (AvgIpc) is 3.18. The lowest BCUT2D eigenvalue weighted by Gasteiger charge is -2.39. The first-order chi connectivity index (χ1) is 10.3. The highest BCUT2D eigenvalue weighted by atomic mass is 32.1. The van der Waals surface area contributed by atoms with E-state index in [4.69, 9.17) is 4.74 Å². The highest BCUT2D eigenvalue weighted by molar-refractivity contribution is 7.18. The maximum Gasteiger partial charge on any atom is 0.208 e. The van der Waals surface area contributed by atoms with Gasteiger partial charge in [-0.05, 0) is 19.3 Å². The van der Waals surface area contributed by atoms with E-state index >= 15 is 0 Å². The summed E-state index contributed by atoms with van der Waals surface area (Å²) in [5.74, 6) is 0. The van der Waals surface area contributed by atoms with Crippen LogP contribution in [0, 0.1) is 5.41 Å². The zero-order chi connectivity index (χ0) is 14.1. The SMILES string of the molecule is c1ccc(-c2nnc(N3CCC[C@]4(CCOC4)C3)s2)cc1. The predicted molar refractivity (Wildman–Crippen MR) is 84.7 cm³/mol. The summed E-state index contributed by atoms with van der Waals surface area (Å²) in [6, 6.07) is 10.3. The standard InChI is InChI=1S/C16H19N3OS/c1-2-5-13(6-3-1)14-17-18-15(21-14)19-9-4-7-16(11-19)8-10-20-12-16/h1-3,5-6H,4,7-12H2/t16-/m0/s1. The molecule has 5 heteroatoms. The highest BCUT2D eigenvalue weighted by Gasteiger charge is 2.39. The van der Waals surface area contributed by atoms with Crippen LogP contribution in [0.2, 0.25) is 0 Å². The van der Waals surface area contributed by atoms with Gasteiger partial charge in [0, 0.05) is 30.7 Å². The molecule has 0 amide bonds. The molecule has 2 fully saturated rings. The van der Waals surface area contributed by atoms with Gasteiger partial charge >= 0.3 is 0 Å². The van der Waals surface area contributed by atoms with Gasteiger partial charge in [0.1, 0.15) is 5.01 Å². The minimum atomic E-state index is 0.358. The van der Waals surface area contributed by atoms with Crippen molar-refractivity contribution in [3.05, 3.63) is 30.3 Å². The van der Waals surface area contributed by atoms with Crippen molar-refractivity contribution in [1.82, 2.24) is 10.2 Å². The van der Waals surface area contributed by atoms with Crippen molar-refractivity contribution < 1.29 is 4.74 Å². The van der Waals surface area contributed by atoms with Crippen LogP contribution in [0.5, 0.6) is 0 Å². The molecule has 1 atom stereocenters. The fourth-order valence-corrected chi connectivity index (χ4v) is 4.26. The molecule has 2 aliphatic rings. The molecule has 0 bridgehead atoms. The first-order valence-electron chi connectivity index (χ1n) is 7.56. The smallest absolute Gasteiger partial charge is 0.208 e. The van der Waals surface area contributed by atoms with Crippen LogP contribution in [0.1, 0.15) is 19.3 Å². The van der Waals surface area contributed by atoms with Crippen LogP contribution in [0.3, 0.4) is 0 Å². The number of nitrogens with zero attached hydrogens (tertiary/aromatic N) is 3. The summed E-state index contributed by atoms with van der Waals surface area (Å²) in [6.07, 6.45) is 3.70. The largest absolute Gasteiger partial charge is 0.381 e. The monoisotopic (exact) mass is 301 g/mol. The Balaban J connectivity index is 1.55. The molecule has 4 rings (SSSR count). The molecule has 21 heavy (non-hydrogen) atoms. The maximum atomic E-state index is 5.64. The summed E-state index contributed by atoms with van der Waals surface area (Å²) in [5, 5.41) is 10.9. The predicted octanol–water partition coefficient (Wildman–Crippen LogP) is 3.21. The van der Waals surface area contributed by atoms with E-state index in [-0.39, 0.29) is 0 Å². The van der Waals surface area contributed by atoms with Crippen LogP contribution in [-0.4, -0.2) is 36.5 Å². The second-order valence-corrected chi connectivity index (χ2v) is 7.04. The molecule has 1 aromatic carbocycles. The van der Waals surface area contributed by atoms with Gasteiger partial charge in [-0.25, -0.2) is 0 Å². The molecule has 2 aliphatic heterocycles. The second-order valence-electron chi connectivity index (χ2n) is 6.08. The van der Waals surface area contributed by atoms with Gasteiger partial charge in [-0.3, -0.25) is 0 Å². The third kappa shape index (κ3) is 2.56. The number of rotatable bonds is 2. The van der Waals surface area contributed by atoms with E-state index in [0.29, 0.717) is 5.41 Å². The molecule has 1 spiro atoms. The summed E-state index contributed by atoms with van der Waals surface area (Å²) in [5.41, 5.74) is 1.51. The zero-order valence-corrected chi connectivity index (χ0v) is 12.8. The Labute approximate surface area is 128 Å². The van der Waals surface area contributed by atoms with Gasteiger partial charge in [-0.2, -0.15) is 0 Å². The lowest BCUT2D eigenvalue weighted by atomic mass is 9.79. The van der Waals surface area contributed by atoms with Gasteiger partial charge in [-0.1, -0.05) is 41.7 Å². The van der Waals surface area contributed by atoms with Crippen molar-refractivity contribution in [1.29, 1.82) is 0 Å². The lowest BCUT2D eigenvalue weighted by molar-refractivity contribution is 0.139. The molecule has 4 nitrogen and oxygen atoms in total. The number of piperidine rings is 1. The summed E-state index contributed by atoms with van der Waals surface area (Å²) in [4.78, 5) is 2.41. The van der Waals surface area contributed by atoms with E-state index in [9.17, 15) is 0 Å². The number of benzene rings is 1. The van der Waals surface area contributed by atoms with Gasteiger partial charge in [0.05, 0.1) is 6.61 Å². The van der Waals surface area contributed by atoms with E-state index in [0.717, 1.165) is 42.0 Å². The van der Waals surface area contributed by atoms with E-state index in [1.807, 2.05) is 18.2 Å². The summed E-state index contributed by atoms with van der Waals surface area (Å²) in [6.45, 7) is 3.98. The Morgan fingerprint density at radius 2 is 2.05 bits per heavy atom. The fraction of sp³-hybridized carbons (Fsp3) is 0.500. The molecule has 2 saturated heterocycles. The molecule has 2 aromatic rings. The number of aromatic nitrogens is 2. The van der Waals surface area contributed by atoms with Crippen molar-refractivity contribution in [2.75, 3.05) is 31.2 Å². The van der Waals surface area contributed by atoms with Crippen molar-refractivity contribution in [3.8, 4) is 10.6 Å². The van der Waals surface area contributed by atoms with Gasteiger partial charge in [0.2, 0.25) is 5.13 Å². The summed E-state index contributed by atoms with van der Waals surface area (Å²) >= 11 is 1.70. The zero-order valence-electron chi connectivity index (χ0n) is 12.0. The van der Waals surface area contributed by atoms with Crippen molar-refractivity contribution in [3.63, 3.8) is 0 Å². The molecule has 3 heterocycles. The summed E-state index contributed by atoms with van der Waals surface area (Å²) < 4.78 is 5.64. The molecule has 0 saturated carbocycles. The minimum Gasteiger partial charge on any atom is -0.381 e. The molecular formula is C16H19N3OS. The molecule has 0 aliphatic carbocycles. The minimum absolute atomic E-state index is 0.358. The van der Waals surface area contributed by atoms with Gasteiger partial charge in [0.15, 0.2) is 0 Å². The fourth-order valence-electron chi connectivity index (χ4n) is 3.38. The van der Waals surface area contributed by atoms with Crippen molar-refractivity contribution in [2.24, 2.45) is 5.41 Å². The number of ether oxygens (including phenoxy) is 1. The van der Waals surface area contributed by atoms with E-state index in [1.165, 1.54) is 19.3 Å². The topological polar surface area (TPSA) is 38.2 Å². The van der Waals surface area contributed by atoms with E-state index < -0.39 is 0 Å². The molecule has 1 aromatic heterocycles. The highest BCUT2D eigenvalue weighted by Crippen LogP contribution is 2.40. The first-order valence-corrected chi connectivity index (χ1v) is 8.38. The Morgan fingerprint density at radius 3 is 2.86 bits per heavy atom. The van der Waals surface area contributed by atoms with Gasteiger partial charge in [0.25, 0.3) is 0 Å². The Morgan fingerprint density at radius 1 is 1.14 bits per heavy atom. The van der Waals surface area contributed by atoms with Gasteiger partial charge in [-0.15, -0.1) is 10.2 Å². The quantitative estimate of drug-likeness (QED) is 0.853. The van der Waals surface area contributed by atoms with Crippen LogP contribution in [0.4, 0.5) is 5.13 Å². The third-order valence-corrected chi connectivity index (χ3v) is 5.59. The van der Waals surface area contributed by atoms with Crippen LogP contribution in [-0.2, 0) is 4.74 Å². The van der Waals surface area contributed by atoms with Crippen molar-refractivity contribution in [2.45, 2.75) is 19.3 Å². The number of anilines is 1. The normalized spacial score (nSPS) is 25.6. The van der Waals surface area contributed by atoms with Crippen LogP contribution >= 0.6 is 11.3 Å². The number of hydrogen-bond acceptors (Lipinski definition) is 5. The van der Waals surface area contributed by atoms with E-state index in [1.54, 1.807) is 11.3 Å². The summed E-state index contributed by atoms with van der Waals surface area (Å²) in [7, 11) is 0. The van der Waals surface area contributed by atoms with Crippen molar-refractivity contribution >= 4 is 16.5 Å². The Hall–Kier alpha value is -1.46. The molecule has 0 unspecified atom stereocenters. The molecule has 0 N–H and O–H groups in total. The van der Waals surface area contributed by atoms with Crippen LogP contribution in [0.15, 0.2) is 30.3 Å². The van der Waals surface area contributed by atoms with Crippen LogP contribution < -0.4 is 4.90 Å². The Bertz CT molecular complexity index is 607. The van der Waals surface area contributed by atoms with Crippen LogP contribution in [0.25, 0.3) is 10.6 Å². The maximum absolute atomic E-state index is 5.64. The lowest BCUT2D eigenvalue weighted by Crippen LogP contribution is -2.43. The molecule has 110 valence electrons.